The van der Waals surface area contributed by atoms with Gasteiger partial charge in [-0.15, -0.1) is 0 Å². The van der Waals surface area contributed by atoms with Crippen molar-refractivity contribution in [2.45, 2.75) is 45.4 Å². The van der Waals surface area contributed by atoms with Gasteiger partial charge in [0.2, 0.25) is 0 Å². The molecule has 128 valence electrons. The number of unbranched alkanes of at least 4 members (excludes halogenated alkanes) is 4. The van der Waals surface area contributed by atoms with E-state index < -0.39 is 22.2 Å². The molecule has 0 atom stereocenters. The molecule has 1 heterocycles. The van der Waals surface area contributed by atoms with Crippen molar-refractivity contribution in [2.75, 3.05) is 0 Å². The average Bonchev–Trinajstić information content (AvgIpc) is 2.54. The van der Waals surface area contributed by atoms with Crippen LogP contribution in [0.1, 0.15) is 45.4 Å². The summed E-state index contributed by atoms with van der Waals surface area (Å²) in [5.41, 5.74) is -1.69. The van der Waals surface area contributed by atoms with Gasteiger partial charge in [0.15, 0.2) is 11.3 Å². The number of esters is 1. The first-order chi connectivity index (χ1) is 11.5. The minimum atomic E-state index is -1.07. The summed E-state index contributed by atoms with van der Waals surface area (Å²) >= 11 is 0. The fourth-order valence-corrected chi connectivity index (χ4v) is 2.36. The summed E-state index contributed by atoms with van der Waals surface area (Å²) < 4.78 is 10.2. The third-order valence-corrected chi connectivity index (χ3v) is 3.61. The highest BCUT2D eigenvalue weighted by molar-refractivity contribution is 5.86. The number of ether oxygens (including phenoxy) is 1. The molecule has 0 unspecified atom stereocenters. The normalized spacial score (nSPS) is 10.7. The van der Waals surface area contributed by atoms with E-state index in [2.05, 4.69) is 6.92 Å². The van der Waals surface area contributed by atoms with Crippen LogP contribution < -0.4 is 10.4 Å². The Morgan fingerprint density at radius 3 is 2.71 bits per heavy atom. The number of fused-ring (bicyclic) bond motifs is 1. The van der Waals surface area contributed by atoms with Gasteiger partial charge in [-0.3, -0.25) is 14.9 Å². The third-order valence-electron chi connectivity index (χ3n) is 3.61. The van der Waals surface area contributed by atoms with Crippen LogP contribution in [0.3, 0.4) is 0 Å². The van der Waals surface area contributed by atoms with Crippen LogP contribution in [0, 0.1) is 10.1 Å². The molecule has 0 amide bonds. The Hall–Kier alpha value is -2.70. The molecule has 0 bridgehead atoms. The summed E-state index contributed by atoms with van der Waals surface area (Å²) in [7, 11) is 0. The summed E-state index contributed by atoms with van der Waals surface area (Å²) in [6, 6.07) is 5.73. The van der Waals surface area contributed by atoms with E-state index in [0.717, 1.165) is 38.2 Å². The highest BCUT2D eigenvalue weighted by Crippen LogP contribution is 2.27. The van der Waals surface area contributed by atoms with Gasteiger partial charge in [-0.25, -0.2) is 4.79 Å². The van der Waals surface area contributed by atoms with Gasteiger partial charge < -0.3 is 9.15 Å². The Morgan fingerprint density at radius 2 is 2.00 bits per heavy atom. The zero-order valence-corrected chi connectivity index (χ0v) is 13.4. The summed E-state index contributed by atoms with van der Waals surface area (Å²) in [6.07, 6.45) is 5.32. The number of carbonyl (C=O) groups is 1. The van der Waals surface area contributed by atoms with E-state index in [0.29, 0.717) is 5.39 Å². The maximum atomic E-state index is 11.9. The number of nitro groups is 1. The monoisotopic (exact) mass is 333 g/mol. The van der Waals surface area contributed by atoms with Crippen molar-refractivity contribution in [3.63, 3.8) is 0 Å². The molecule has 1 aromatic carbocycles. The standard InChI is InChI=1S/C17H19NO6/c1-2-3-4-5-6-10-15(19)23-14-9-7-8-12-11-13(18(21)22)17(20)24-16(12)14/h7-9,11H,2-6,10H2,1H3. The Labute approximate surface area is 138 Å². The van der Waals surface area contributed by atoms with E-state index in [4.69, 9.17) is 9.15 Å². The molecule has 2 rings (SSSR count). The number of carbonyl (C=O) groups excluding carboxylic acids is 1. The molecule has 0 aliphatic heterocycles. The topological polar surface area (TPSA) is 99.6 Å². The molecule has 0 radical (unpaired) electrons. The van der Waals surface area contributed by atoms with Gasteiger partial charge in [-0.05, 0) is 12.5 Å². The van der Waals surface area contributed by atoms with E-state index in [-0.39, 0.29) is 17.8 Å². The van der Waals surface area contributed by atoms with E-state index in [1.54, 1.807) is 12.1 Å². The van der Waals surface area contributed by atoms with Crippen molar-refractivity contribution in [1.29, 1.82) is 0 Å². The first-order valence-corrected chi connectivity index (χ1v) is 7.95. The van der Waals surface area contributed by atoms with Crippen molar-refractivity contribution < 1.29 is 18.9 Å². The van der Waals surface area contributed by atoms with Gasteiger partial charge in [0, 0.05) is 17.9 Å². The molecular formula is C17H19NO6. The van der Waals surface area contributed by atoms with Crippen LogP contribution in [0.2, 0.25) is 0 Å². The number of nitrogens with zero attached hydrogens (tertiary/aromatic N) is 1. The summed E-state index contributed by atoms with van der Waals surface area (Å²) in [5, 5.41) is 11.1. The Morgan fingerprint density at radius 1 is 1.25 bits per heavy atom. The second kappa shape index (κ2) is 8.24. The van der Waals surface area contributed by atoms with Crippen molar-refractivity contribution in [1.82, 2.24) is 0 Å². The molecule has 0 aliphatic rings. The molecule has 0 saturated carbocycles. The van der Waals surface area contributed by atoms with E-state index in [9.17, 15) is 19.7 Å². The molecule has 0 fully saturated rings. The lowest BCUT2D eigenvalue weighted by Crippen LogP contribution is -2.10. The highest BCUT2D eigenvalue weighted by atomic mass is 16.6. The van der Waals surface area contributed by atoms with Gasteiger partial charge in [-0.1, -0.05) is 44.7 Å². The fourth-order valence-electron chi connectivity index (χ4n) is 2.36. The van der Waals surface area contributed by atoms with E-state index >= 15 is 0 Å². The lowest BCUT2D eigenvalue weighted by Gasteiger charge is -2.06. The smallest absolute Gasteiger partial charge is 0.415 e. The number of hydrogen-bond donors (Lipinski definition) is 0. The third kappa shape index (κ3) is 4.41. The Balaban J connectivity index is 2.12. The highest BCUT2D eigenvalue weighted by Gasteiger charge is 2.18. The fraction of sp³-hybridized carbons (Fsp3) is 0.412. The average molecular weight is 333 g/mol. The first kappa shape index (κ1) is 17.7. The number of hydrogen-bond acceptors (Lipinski definition) is 6. The summed E-state index contributed by atoms with van der Waals surface area (Å²) in [5.74, 6) is -0.321. The van der Waals surface area contributed by atoms with Crippen LogP contribution in [-0.2, 0) is 4.79 Å². The van der Waals surface area contributed by atoms with Crippen LogP contribution in [0.15, 0.2) is 33.5 Å². The van der Waals surface area contributed by atoms with Gasteiger partial charge in [-0.2, -0.15) is 0 Å². The number of para-hydroxylation sites is 1. The van der Waals surface area contributed by atoms with Gasteiger partial charge in [0.05, 0.1) is 4.92 Å². The number of rotatable bonds is 8. The lowest BCUT2D eigenvalue weighted by molar-refractivity contribution is -0.387. The summed E-state index contributed by atoms with van der Waals surface area (Å²) in [6.45, 7) is 2.12. The van der Waals surface area contributed by atoms with Gasteiger partial charge >= 0.3 is 17.3 Å². The van der Waals surface area contributed by atoms with Gasteiger partial charge in [0.1, 0.15) is 0 Å². The minimum Gasteiger partial charge on any atom is -0.422 e. The quantitative estimate of drug-likeness (QED) is 0.181. The van der Waals surface area contributed by atoms with Crippen molar-refractivity contribution in [3.8, 4) is 5.75 Å². The number of benzene rings is 1. The molecule has 1 aromatic heterocycles. The molecule has 0 saturated heterocycles. The summed E-state index contributed by atoms with van der Waals surface area (Å²) in [4.78, 5) is 33.5. The van der Waals surface area contributed by atoms with Crippen molar-refractivity contribution in [2.24, 2.45) is 0 Å². The SMILES string of the molecule is CCCCCCCC(=O)Oc1cccc2cc([N+](=O)[O-])c(=O)oc12. The van der Waals surface area contributed by atoms with Crippen LogP contribution in [0.25, 0.3) is 11.0 Å². The zero-order chi connectivity index (χ0) is 17.5. The maximum absolute atomic E-state index is 11.9. The van der Waals surface area contributed by atoms with Crippen LogP contribution >= 0.6 is 0 Å². The van der Waals surface area contributed by atoms with E-state index in [1.165, 1.54) is 6.07 Å². The second-order valence-corrected chi connectivity index (χ2v) is 5.49. The maximum Gasteiger partial charge on any atom is 0.415 e. The molecule has 0 aliphatic carbocycles. The van der Waals surface area contributed by atoms with Crippen LogP contribution in [0.5, 0.6) is 5.75 Å². The predicted octanol–water partition coefficient (Wildman–Crippen LogP) is 3.97. The van der Waals surface area contributed by atoms with Crippen LogP contribution in [0.4, 0.5) is 5.69 Å². The second-order valence-electron chi connectivity index (χ2n) is 5.49. The molecule has 0 N–H and O–H groups in total. The minimum absolute atomic E-state index is 0.0347. The van der Waals surface area contributed by atoms with Crippen molar-refractivity contribution in [3.05, 3.63) is 44.8 Å². The lowest BCUT2D eigenvalue weighted by atomic mass is 10.1. The van der Waals surface area contributed by atoms with Crippen molar-refractivity contribution >= 4 is 22.6 Å². The van der Waals surface area contributed by atoms with Crippen LogP contribution in [-0.4, -0.2) is 10.9 Å². The Kier molecular flexibility index (Phi) is 6.06. The van der Waals surface area contributed by atoms with Gasteiger partial charge in [0.25, 0.3) is 0 Å². The largest absolute Gasteiger partial charge is 0.422 e. The molecule has 7 nitrogen and oxygen atoms in total. The first-order valence-electron chi connectivity index (χ1n) is 7.95. The molecule has 7 heteroatoms. The predicted molar refractivity (Wildman–Crippen MR) is 88.1 cm³/mol. The Bertz CT molecular complexity index is 795. The molecular weight excluding hydrogens is 314 g/mol. The molecule has 2 aromatic rings. The molecule has 0 spiro atoms. The molecule has 24 heavy (non-hydrogen) atoms. The zero-order valence-electron chi connectivity index (χ0n) is 13.4. The van der Waals surface area contributed by atoms with E-state index in [1.807, 2.05) is 0 Å².